The summed E-state index contributed by atoms with van der Waals surface area (Å²) in [5.74, 6) is 0.250. The second-order valence-electron chi connectivity index (χ2n) is 3.59. The molecule has 0 saturated carbocycles. The third kappa shape index (κ3) is 1.99. The minimum Gasteiger partial charge on any atom is -0.496 e. The number of nitrogens with two attached hydrogens (primary N) is 1. The topological polar surface area (TPSA) is 69.4 Å². The second kappa shape index (κ2) is 4.35. The molecule has 0 aliphatic heterocycles. The molecule has 2 aromatic rings. The third-order valence-corrected chi connectivity index (χ3v) is 4.08. The molecule has 0 amide bonds. The fraction of sp³-hybridized carbons (Fsp3) is 0.167. The zero-order chi connectivity index (χ0) is 12.5. The van der Waals surface area contributed by atoms with Crippen molar-refractivity contribution in [1.29, 1.82) is 0 Å². The Balaban J connectivity index is 2.84. The maximum Gasteiger partial charge on any atom is 0.191 e. The summed E-state index contributed by atoms with van der Waals surface area (Å²) in [6.07, 6.45) is 0. The molecular weight excluding hydrogens is 238 g/mol. The standard InChI is InChI=1S/C12H13NO3S/c1-16-11-6-2-5-10-9(11)4-3-7-12(10)17(14,15)8-13/h2-7H,8,13H2,1H3. The monoisotopic (exact) mass is 251 g/mol. The largest absolute Gasteiger partial charge is 0.496 e. The van der Waals surface area contributed by atoms with Crippen LogP contribution < -0.4 is 10.5 Å². The van der Waals surface area contributed by atoms with Crippen LogP contribution in [0, 0.1) is 0 Å². The Hall–Kier alpha value is -1.59. The van der Waals surface area contributed by atoms with Crippen LogP contribution >= 0.6 is 0 Å². The van der Waals surface area contributed by atoms with Crippen molar-refractivity contribution in [3.63, 3.8) is 0 Å². The molecule has 0 unspecified atom stereocenters. The van der Waals surface area contributed by atoms with Gasteiger partial charge < -0.3 is 10.5 Å². The average molecular weight is 251 g/mol. The molecule has 90 valence electrons. The van der Waals surface area contributed by atoms with E-state index in [4.69, 9.17) is 10.5 Å². The highest BCUT2D eigenvalue weighted by atomic mass is 32.2. The Bertz CT molecular complexity index is 650. The van der Waals surface area contributed by atoms with E-state index in [-0.39, 0.29) is 4.90 Å². The van der Waals surface area contributed by atoms with E-state index in [2.05, 4.69) is 0 Å². The molecular formula is C12H13NO3S. The van der Waals surface area contributed by atoms with E-state index < -0.39 is 15.7 Å². The van der Waals surface area contributed by atoms with Gasteiger partial charge in [-0.15, -0.1) is 0 Å². The quantitative estimate of drug-likeness (QED) is 0.898. The fourth-order valence-electron chi connectivity index (χ4n) is 1.79. The van der Waals surface area contributed by atoms with Gasteiger partial charge in [-0.25, -0.2) is 8.42 Å². The highest BCUT2D eigenvalue weighted by Crippen LogP contribution is 2.30. The molecule has 0 saturated heterocycles. The molecule has 0 aromatic heterocycles. The average Bonchev–Trinajstić information content (AvgIpc) is 2.37. The highest BCUT2D eigenvalue weighted by molar-refractivity contribution is 7.91. The Morgan fingerprint density at radius 2 is 1.76 bits per heavy atom. The van der Waals surface area contributed by atoms with Gasteiger partial charge in [-0.1, -0.05) is 24.3 Å². The smallest absolute Gasteiger partial charge is 0.191 e. The van der Waals surface area contributed by atoms with Crippen molar-refractivity contribution in [1.82, 2.24) is 0 Å². The maximum absolute atomic E-state index is 11.8. The normalized spacial score (nSPS) is 11.6. The molecule has 2 rings (SSSR count). The lowest BCUT2D eigenvalue weighted by Crippen LogP contribution is -2.14. The molecule has 0 bridgehead atoms. The molecule has 0 aliphatic rings. The first-order chi connectivity index (χ1) is 8.10. The molecule has 0 fully saturated rings. The number of methoxy groups -OCH3 is 1. The fourth-order valence-corrected chi connectivity index (χ4v) is 2.77. The van der Waals surface area contributed by atoms with Crippen LogP contribution in [-0.4, -0.2) is 21.4 Å². The van der Waals surface area contributed by atoms with Crippen molar-refractivity contribution >= 4 is 20.6 Å². The summed E-state index contributed by atoms with van der Waals surface area (Å²) in [5, 5.41) is 1.40. The van der Waals surface area contributed by atoms with Crippen LogP contribution in [0.1, 0.15) is 0 Å². The number of sulfone groups is 1. The van der Waals surface area contributed by atoms with Crippen LogP contribution in [0.15, 0.2) is 41.3 Å². The zero-order valence-corrected chi connectivity index (χ0v) is 10.2. The number of hydrogen-bond acceptors (Lipinski definition) is 4. The molecule has 0 atom stereocenters. The predicted octanol–water partition coefficient (Wildman–Crippen LogP) is 1.54. The van der Waals surface area contributed by atoms with Gasteiger partial charge in [-0.05, 0) is 12.1 Å². The van der Waals surface area contributed by atoms with Crippen molar-refractivity contribution < 1.29 is 13.2 Å². The molecule has 4 nitrogen and oxygen atoms in total. The van der Waals surface area contributed by atoms with Crippen LogP contribution in [0.4, 0.5) is 0 Å². The van der Waals surface area contributed by atoms with Crippen LogP contribution in [0.3, 0.4) is 0 Å². The Morgan fingerprint density at radius 1 is 1.12 bits per heavy atom. The first kappa shape index (κ1) is 11.9. The molecule has 0 radical (unpaired) electrons. The third-order valence-electron chi connectivity index (χ3n) is 2.62. The molecule has 0 heterocycles. The SMILES string of the molecule is COc1cccc2c(S(=O)(=O)CN)cccc12. The minimum absolute atomic E-state index is 0.247. The van der Waals surface area contributed by atoms with E-state index in [0.717, 1.165) is 5.39 Å². The van der Waals surface area contributed by atoms with E-state index in [1.807, 2.05) is 6.07 Å². The van der Waals surface area contributed by atoms with E-state index in [9.17, 15) is 8.42 Å². The summed E-state index contributed by atoms with van der Waals surface area (Å²) in [6, 6.07) is 10.4. The number of hydrogen-bond donors (Lipinski definition) is 1. The van der Waals surface area contributed by atoms with Crippen molar-refractivity contribution in [2.24, 2.45) is 5.73 Å². The maximum atomic E-state index is 11.8. The lowest BCUT2D eigenvalue weighted by atomic mass is 10.1. The van der Waals surface area contributed by atoms with E-state index in [1.165, 1.54) is 0 Å². The number of fused-ring (bicyclic) bond motifs is 1. The summed E-state index contributed by atoms with van der Waals surface area (Å²) < 4.78 is 28.9. The lowest BCUT2D eigenvalue weighted by Gasteiger charge is -2.09. The number of rotatable bonds is 3. The second-order valence-corrected chi connectivity index (χ2v) is 5.60. The van der Waals surface area contributed by atoms with E-state index in [1.54, 1.807) is 37.4 Å². The molecule has 17 heavy (non-hydrogen) atoms. The molecule has 2 N–H and O–H groups in total. The Kier molecular flexibility index (Phi) is 3.04. The van der Waals surface area contributed by atoms with Crippen molar-refractivity contribution in [2.75, 3.05) is 13.0 Å². The van der Waals surface area contributed by atoms with Crippen LogP contribution in [0.2, 0.25) is 0 Å². The van der Waals surface area contributed by atoms with Gasteiger partial charge in [0.15, 0.2) is 9.84 Å². The summed E-state index contributed by atoms with van der Waals surface area (Å²) in [5.41, 5.74) is 5.28. The Labute approximate surface area is 99.9 Å². The van der Waals surface area contributed by atoms with Crippen molar-refractivity contribution in [3.05, 3.63) is 36.4 Å². The summed E-state index contributed by atoms with van der Waals surface area (Å²) in [4.78, 5) is 0.247. The molecule has 0 aliphatic carbocycles. The summed E-state index contributed by atoms with van der Waals surface area (Å²) in [6.45, 7) is 0. The molecule has 5 heteroatoms. The first-order valence-electron chi connectivity index (χ1n) is 5.08. The van der Waals surface area contributed by atoms with Crippen LogP contribution in [0.5, 0.6) is 5.75 Å². The number of benzene rings is 2. The van der Waals surface area contributed by atoms with Gasteiger partial charge in [-0.3, -0.25) is 0 Å². The van der Waals surface area contributed by atoms with Crippen molar-refractivity contribution in [3.8, 4) is 5.75 Å². The van der Waals surface area contributed by atoms with Crippen molar-refractivity contribution in [2.45, 2.75) is 4.90 Å². The van der Waals surface area contributed by atoms with Gasteiger partial charge in [-0.2, -0.15) is 0 Å². The van der Waals surface area contributed by atoms with Gasteiger partial charge in [0.2, 0.25) is 0 Å². The van der Waals surface area contributed by atoms with Gasteiger partial charge in [0, 0.05) is 10.8 Å². The van der Waals surface area contributed by atoms with E-state index in [0.29, 0.717) is 11.1 Å². The zero-order valence-electron chi connectivity index (χ0n) is 9.38. The minimum atomic E-state index is -3.43. The summed E-state index contributed by atoms with van der Waals surface area (Å²) in [7, 11) is -1.87. The number of ether oxygens (including phenoxy) is 1. The van der Waals surface area contributed by atoms with Gasteiger partial charge in [0.1, 0.15) is 11.6 Å². The van der Waals surface area contributed by atoms with Gasteiger partial charge in [0.25, 0.3) is 0 Å². The Morgan fingerprint density at radius 3 is 2.41 bits per heavy atom. The lowest BCUT2D eigenvalue weighted by molar-refractivity contribution is 0.420. The highest BCUT2D eigenvalue weighted by Gasteiger charge is 2.16. The van der Waals surface area contributed by atoms with E-state index >= 15 is 0 Å². The van der Waals surface area contributed by atoms with Gasteiger partial charge >= 0.3 is 0 Å². The van der Waals surface area contributed by atoms with Gasteiger partial charge in [0.05, 0.1) is 12.0 Å². The predicted molar refractivity (Wildman–Crippen MR) is 66.7 cm³/mol. The summed E-state index contributed by atoms with van der Waals surface area (Å²) >= 11 is 0. The molecule has 0 spiro atoms. The van der Waals surface area contributed by atoms with Crippen LogP contribution in [0.25, 0.3) is 10.8 Å². The first-order valence-corrected chi connectivity index (χ1v) is 6.74. The van der Waals surface area contributed by atoms with Crippen LogP contribution in [-0.2, 0) is 9.84 Å². The molecule has 2 aromatic carbocycles.